The molecular weight excluding hydrogens is 90.1 g/mol. The van der Waals surface area contributed by atoms with Crippen molar-refractivity contribution in [1.82, 2.24) is 0 Å². The van der Waals surface area contributed by atoms with E-state index in [1.807, 2.05) is 6.92 Å². The zero-order chi connectivity index (χ0) is 5.28. The molecule has 2 heteroatoms. The molecule has 0 spiro atoms. The zero-order valence-electron chi connectivity index (χ0n) is 4.35. The second-order valence-electron chi connectivity index (χ2n) is 1.72. The Morgan fingerprint density at radius 2 is 2.71 bits per heavy atom. The summed E-state index contributed by atoms with van der Waals surface area (Å²) in [5.74, 6) is 0. The van der Waals surface area contributed by atoms with Crippen LogP contribution in [0.25, 0.3) is 0 Å². The van der Waals surface area contributed by atoms with Crippen LogP contribution in [0.3, 0.4) is 0 Å². The maximum atomic E-state index is 5.26. The summed E-state index contributed by atoms with van der Waals surface area (Å²) in [5, 5.41) is 0. The van der Waals surface area contributed by atoms with Crippen molar-refractivity contribution in [3.63, 3.8) is 0 Å². The number of rotatable bonds is 1. The quantitative estimate of drug-likeness (QED) is 0.511. The minimum Gasteiger partial charge on any atom is -0.492 e. The Morgan fingerprint density at radius 1 is 2.00 bits per heavy atom. The van der Waals surface area contributed by atoms with Gasteiger partial charge in [-0.25, -0.2) is 0 Å². The minimum absolute atomic E-state index is 0.222. The Morgan fingerprint density at radius 3 is 2.71 bits per heavy atom. The molecule has 0 saturated carbocycles. The molecule has 0 saturated heterocycles. The van der Waals surface area contributed by atoms with Gasteiger partial charge in [-0.05, 0) is 6.92 Å². The first-order chi connectivity index (χ1) is 3.34. The highest BCUT2D eigenvalue weighted by molar-refractivity contribution is 5.10. The van der Waals surface area contributed by atoms with Gasteiger partial charge in [0.15, 0.2) is 0 Å². The first-order valence-electron chi connectivity index (χ1n) is 2.37. The minimum atomic E-state index is 0.222. The summed E-state index contributed by atoms with van der Waals surface area (Å²) in [4.78, 5) is 0. The average Bonchev–Trinajstić information content (AvgIpc) is 1.65. The van der Waals surface area contributed by atoms with Crippen LogP contribution in [0.2, 0.25) is 0 Å². The summed E-state index contributed by atoms with van der Waals surface area (Å²) in [7, 11) is 0. The van der Waals surface area contributed by atoms with E-state index in [2.05, 4.69) is 0 Å². The molecule has 0 fully saturated rings. The molecule has 1 aliphatic heterocycles. The molecule has 40 valence electrons. The summed E-state index contributed by atoms with van der Waals surface area (Å²) in [6.45, 7) is 2.63. The van der Waals surface area contributed by atoms with E-state index in [0.717, 1.165) is 0 Å². The molecule has 1 aliphatic rings. The van der Waals surface area contributed by atoms with E-state index in [9.17, 15) is 0 Å². The van der Waals surface area contributed by atoms with Gasteiger partial charge in [0.2, 0.25) is 0 Å². The van der Waals surface area contributed by atoms with Crippen LogP contribution < -0.4 is 5.73 Å². The molecule has 0 aliphatic carbocycles. The molecule has 1 unspecified atom stereocenters. The fourth-order valence-corrected chi connectivity index (χ4v) is 0.542. The largest absolute Gasteiger partial charge is 0.492 e. The van der Waals surface area contributed by atoms with Crippen LogP contribution in [-0.2, 0) is 4.74 Å². The van der Waals surface area contributed by atoms with Gasteiger partial charge in [-0.1, -0.05) is 0 Å². The SMILES string of the molecule is CC1=COC1CN. The molecule has 1 rings (SSSR count). The van der Waals surface area contributed by atoms with Crippen molar-refractivity contribution >= 4 is 0 Å². The Balaban J connectivity index is 2.37. The van der Waals surface area contributed by atoms with E-state index in [1.165, 1.54) is 5.57 Å². The third kappa shape index (κ3) is 0.611. The smallest absolute Gasteiger partial charge is 0.134 e. The summed E-state index contributed by atoms with van der Waals surface area (Å²) in [5.41, 5.74) is 6.51. The standard InChI is InChI=1S/C5H9NO/c1-4-3-7-5(4)2-6/h3,5H,2,6H2,1H3. The highest BCUT2D eigenvalue weighted by Gasteiger charge is 2.15. The molecule has 0 aromatic rings. The van der Waals surface area contributed by atoms with E-state index >= 15 is 0 Å². The van der Waals surface area contributed by atoms with Crippen LogP contribution >= 0.6 is 0 Å². The second kappa shape index (κ2) is 1.54. The predicted octanol–water partition coefficient (Wildman–Crippen LogP) is 0.248. The van der Waals surface area contributed by atoms with Crippen LogP contribution in [0.4, 0.5) is 0 Å². The van der Waals surface area contributed by atoms with Crippen LogP contribution in [0.5, 0.6) is 0 Å². The van der Waals surface area contributed by atoms with Crippen LogP contribution in [-0.4, -0.2) is 12.6 Å². The lowest BCUT2D eigenvalue weighted by Crippen LogP contribution is -2.29. The Kier molecular flexibility index (Phi) is 1.02. The molecule has 0 aromatic carbocycles. The van der Waals surface area contributed by atoms with E-state index in [4.69, 9.17) is 10.5 Å². The van der Waals surface area contributed by atoms with E-state index in [0.29, 0.717) is 6.54 Å². The van der Waals surface area contributed by atoms with Gasteiger partial charge in [-0.2, -0.15) is 0 Å². The predicted molar refractivity (Wildman–Crippen MR) is 27.7 cm³/mol. The first kappa shape index (κ1) is 4.65. The third-order valence-corrected chi connectivity index (χ3v) is 1.14. The highest BCUT2D eigenvalue weighted by atomic mass is 16.5. The molecular formula is C5H9NO. The van der Waals surface area contributed by atoms with E-state index in [-0.39, 0.29) is 6.10 Å². The van der Waals surface area contributed by atoms with Crippen molar-refractivity contribution in [2.24, 2.45) is 5.73 Å². The summed E-state index contributed by atoms with van der Waals surface area (Å²) < 4.78 is 4.91. The van der Waals surface area contributed by atoms with Gasteiger partial charge in [0.05, 0.1) is 6.26 Å². The monoisotopic (exact) mass is 99.1 g/mol. The van der Waals surface area contributed by atoms with E-state index < -0.39 is 0 Å². The van der Waals surface area contributed by atoms with Crippen molar-refractivity contribution in [2.45, 2.75) is 13.0 Å². The van der Waals surface area contributed by atoms with Gasteiger partial charge in [0.1, 0.15) is 6.10 Å². The Labute approximate surface area is 43.0 Å². The number of hydrogen-bond acceptors (Lipinski definition) is 2. The molecule has 2 nitrogen and oxygen atoms in total. The second-order valence-corrected chi connectivity index (χ2v) is 1.72. The first-order valence-corrected chi connectivity index (χ1v) is 2.37. The highest BCUT2D eigenvalue weighted by Crippen LogP contribution is 2.14. The fourth-order valence-electron chi connectivity index (χ4n) is 0.542. The van der Waals surface area contributed by atoms with Crippen LogP contribution in [0, 0.1) is 0 Å². The van der Waals surface area contributed by atoms with Gasteiger partial charge < -0.3 is 10.5 Å². The van der Waals surface area contributed by atoms with Gasteiger partial charge in [-0.15, -0.1) is 0 Å². The molecule has 1 heterocycles. The maximum Gasteiger partial charge on any atom is 0.134 e. The van der Waals surface area contributed by atoms with Crippen molar-refractivity contribution in [3.8, 4) is 0 Å². The van der Waals surface area contributed by atoms with Gasteiger partial charge >= 0.3 is 0 Å². The third-order valence-electron chi connectivity index (χ3n) is 1.14. The average molecular weight is 99.1 g/mol. The maximum absolute atomic E-state index is 5.26. The molecule has 2 N–H and O–H groups in total. The number of nitrogens with two attached hydrogens (primary N) is 1. The number of ether oxygens (including phenoxy) is 1. The summed E-state index contributed by atoms with van der Waals surface area (Å²) in [6, 6.07) is 0. The zero-order valence-corrected chi connectivity index (χ0v) is 4.35. The lowest BCUT2D eigenvalue weighted by molar-refractivity contribution is 0.128. The lowest BCUT2D eigenvalue weighted by atomic mass is 10.1. The topological polar surface area (TPSA) is 35.2 Å². The normalized spacial score (nSPS) is 27.7. The van der Waals surface area contributed by atoms with Gasteiger partial charge in [-0.3, -0.25) is 0 Å². The fraction of sp³-hybridized carbons (Fsp3) is 0.600. The van der Waals surface area contributed by atoms with Crippen LogP contribution in [0.15, 0.2) is 11.8 Å². The van der Waals surface area contributed by atoms with E-state index in [1.54, 1.807) is 6.26 Å². The Hall–Kier alpha value is -0.500. The van der Waals surface area contributed by atoms with Crippen molar-refractivity contribution in [3.05, 3.63) is 11.8 Å². The van der Waals surface area contributed by atoms with Gasteiger partial charge in [0, 0.05) is 12.1 Å². The molecule has 0 bridgehead atoms. The Bertz CT molecular complexity index is 98.3. The molecule has 0 aromatic heterocycles. The summed E-state index contributed by atoms with van der Waals surface area (Å²) >= 11 is 0. The van der Waals surface area contributed by atoms with Crippen molar-refractivity contribution in [1.29, 1.82) is 0 Å². The van der Waals surface area contributed by atoms with Gasteiger partial charge in [0.25, 0.3) is 0 Å². The number of hydrogen-bond donors (Lipinski definition) is 1. The summed E-state index contributed by atoms with van der Waals surface area (Å²) in [6.07, 6.45) is 1.96. The lowest BCUT2D eigenvalue weighted by Gasteiger charge is -2.23. The van der Waals surface area contributed by atoms with Crippen molar-refractivity contribution in [2.75, 3.05) is 6.54 Å². The van der Waals surface area contributed by atoms with Crippen molar-refractivity contribution < 1.29 is 4.74 Å². The molecule has 0 radical (unpaired) electrons. The van der Waals surface area contributed by atoms with Crippen LogP contribution in [0.1, 0.15) is 6.92 Å². The molecule has 7 heavy (non-hydrogen) atoms. The molecule has 1 atom stereocenters. The molecule has 0 amide bonds.